The summed E-state index contributed by atoms with van der Waals surface area (Å²) in [4.78, 5) is 38.4. The zero-order valence-corrected chi connectivity index (χ0v) is 20.3. The molecule has 8 nitrogen and oxygen atoms in total. The van der Waals surface area contributed by atoms with Crippen LogP contribution >= 0.6 is 11.6 Å². The minimum absolute atomic E-state index is 0.0515. The van der Waals surface area contributed by atoms with Crippen molar-refractivity contribution >= 4 is 40.3 Å². The molecule has 4 rings (SSSR count). The molecule has 34 heavy (non-hydrogen) atoms. The summed E-state index contributed by atoms with van der Waals surface area (Å²) in [7, 11) is 0. The third kappa shape index (κ3) is 5.22. The second-order valence-corrected chi connectivity index (χ2v) is 8.59. The molecule has 2 aromatic carbocycles. The normalized spacial score (nSPS) is 13.8. The fourth-order valence-electron chi connectivity index (χ4n) is 3.79. The van der Waals surface area contributed by atoms with Crippen LogP contribution in [0.1, 0.15) is 28.5 Å². The lowest BCUT2D eigenvalue weighted by Gasteiger charge is -2.35. The number of fused-ring (bicyclic) bond motifs is 1. The molecule has 2 heterocycles. The van der Waals surface area contributed by atoms with E-state index in [1.54, 1.807) is 36.1 Å². The van der Waals surface area contributed by atoms with Crippen LogP contribution in [0, 0.1) is 13.8 Å². The number of anilines is 1. The van der Waals surface area contributed by atoms with Gasteiger partial charge in [0.2, 0.25) is 0 Å². The first-order valence-electron chi connectivity index (χ1n) is 11.2. The van der Waals surface area contributed by atoms with Crippen LogP contribution in [-0.2, 0) is 9.53 Å². The van der Waals surface area contributed by atoms with Gasteiger partial charge in [-0.2, -0.15) is 0 Å². The molecule has 1 saturated heterocycles. The highest BCUT2D eigenvalue weighted by Crippen LogP contribution is 2.25. The second kappa shape index (κ2) is 10.3. The van der Waals surface area contributed by atoms with Crippen LogP contribution in [0.25, 0.3) is 11.0 Å². The third-order valence-corrected chi connectivity index (χ3v) is 6.09. The van der Waals surface area contributed by atoms with E-state index in [0.29, 0.717) is 48.3 Å². The lowest BCUT2D eigenvalue weighted by molar-refractivity contribution is -0.133. The van der Waals surface area contributed by atoms with Gasteiger partial charge >= 0.3 is 5.97 Å². The van der Waals surface area contributed by atoms with Gasteiger partial charge in [-0.3, -0.25) is 4.79 Å². The first-order chi connectivity index (χ1) is 16.4. The van der Waals surface area contributed by atoms with Gasteiger partial charge in [-0.05, 0) is 68.3 Å². The zero-order chi connectivity index (χ0) is 24.2. The average Bonchev–Trinajstić information content (AvgIpc) is 2.84. The molecule has 0 radical (unpaired) electrons. The molecule has 1 aliphatic rings. The molecule has 9 heteroatoms. The summed E-state index contributed by atoms with van der Waals surface area (Å²) < 4.78 is 10.8. The molecule has 1 aromatic heterocycles. The Balaban J connectivity index is 1.48. The molecule has 1 aliphatic heterocycles. The van der Waals surface area contributed by atoms with Crippen molar-refractivity contribution in [1.82, 2.24) is 14.9 Å². The molecule has 3 aromatic rings. The van der Waals surface area contributed by atoms with Crippen molar-refractivity contribution in [3.05, 3.63) is 58.2 Å². The molecular formula is C25H27ClN4O4. The van der Waals surface area contributed by atoms with Crippen molar-refractivity contribution in [2.24, 2.45) is 0 Å². The molecule has 1 amide bonds. The van der Waals surface area contributed by atoms with Gasteiger partial charge in [0.05, 0.1) is 17.6 Å². The average molecular weight is 483 g/mol. The Bertz CT molecular complexity index is 1210. The number of ether oxygens (including phenoxy) is 2. The zero-order valence-electron chi connectivity index (χ0n) is 19.5. The Hall–Kier alpha value is -3.39. The minimum atomic E-state index is -0.500. The molecule has 0 spiro atoms. The number of benzene rings is 2. The maximum absolute atomic E-state index is 12.7. The SMILES string of the molecule is CCOC(=O)c1nc2cc(C)c(C)cc2nc1N1CCN(C(=O)COc2ccc(Cl)cc2)CC1. The van der Waals surface area contributed by atoms with Crippen molar-refractivity contribution in [2.75, 3.05) is 44.3 Å². The van der Waals surface area contributed by atoms with E-state index in [4.69, 9.17) is 26.1 Å². The first kappa shape index (κ1) is 23.8. The Morgan fingerprint density at radius 1 is 0.971 bits per heavy atom. The van der Waals surface area contributed by atoms with Gasteiger partial charge in [-0.1, -0.05) is 11.6 Å². The number of rotatable bonds is 6. The first-order valence-corrected chi connectivity index (χ1v) is 11.6. The lowest BCUT2D eigenvalue weighted by atomic mass is 10.1. The number of carbonyl (C=O) groups excluding carboxylic acids is 2. The molecule has 0 aliphatic carbocycles. The Labute approximate surface area is 203 Å². The predicted octanol–water partition coefficient (Wildman–Crippen LogP) is 3.80. The smallest absolute Gasteiger partial charge is 0.360 e. The fraction of sp³-hybridized carbons (Fsp3) is 0.360. The highest BCUT2D eigenvalue weighted by atomic mass is 35.5. The number of aromatic nitrogens is 2. The van der Waals surface area contributed by atoms with E-state index in [1.807, 2.05) is 30.9 Å². The van der Waals surface area contributed by atoms with Crippen molar-refractivity contribution < 1.29 is 19.1 Å². The van der Waals surface area contributed by atoms with Gasteiger partial charge in [0.1, 0.15) is 5.75 Å². The van der Waals surface area contributed by atoms with Gasteiger partial charge in [0.15, 0.2) is 18.1 Å². The van der Waals surface area contributed by atoms with E-state index < -0.39 is 5.97 Å². The van der Waals surface area contributed by atoms with Crippen molar-refractivity contribution in [3.8, 4) is 5.75 Å². The van der Waals surface area contributed by atoms with Gasteiger partial charge < -0.3 is 19.3 Å². The Kier molecular flexibility index (Phi) is 7.17. The summed E-state index contributed by atoms with van der Waals surface area (Å²) in [6.07, 6.45) is 0. The van der Waals surface area contributed by atoms with E-state index in [2.05, 4.69) is 4.98 Å². The number of esters is 1. The fourth-order valence-corrected chi connectivity index (χ4v) is 3.92. The summed E-state index contributed by atoms with van der Waals surface area (Å²) in [5.74, 6) is 0.474. The molecule has 0 N–H and O–H groups in total. The van der Waals surface area contributed by atoms with Gasteiger partial charge in [-0.25, -0.2) is 14.8 Å². The predicted molar refractivity (Wildman–Crippen MR) is 131 cm³/mol. The van der Waals surface area contributed by atoms with E-state index in [0.717, 1.165) is 16.6 Å². The lowest BCUT2D eigenvalue weighted by Crippen LogP contribution is -2.50. The summed E-state index contributed by atoms with van der Waals surface area (Å²) in [5, 5.41) is 0.610. The number of nitrogens with zero attached hydrogens (tertiary/aromatic N) is 4. The number of halogens is 1. The third-order valence-electron chi connectivity index (χ3n) is 5.84. The topological polar surface area (TPSA) is 84.9 Å². The number of hydrogen-bond acceptors (Lipinski definition) is 7. The highest BCUT2D eigenvalue weighted by molar-refractivity contribution is 6.30. The van der Waals surface area contributed by atoms with Crippen LogP contribution in [0.4, 0.5) is 5.82 Å². The van der Waals surface area contributed by atoms with Crippen molar-refractivity contribution in [3.63, 3.8) is 0 Å². The largest absolute Gasteiger partial charge is 0.484 e. The number of aryl methyl sites for hydroxylation is 2. The summed E-state index contributed by atoms with van der Waals surface area (Å²) in [6.45, 7) is 7.98. The van der Waals surface area contributed by atoms with Crippen LogP contribution < -0.4 is 9.64 Å². The highest BCUT2D eigenvalue weighted by Gasteiger charge is 2.27. The van der Waals surface area contributed by atoms with Gasteiger partial charge in [0.25, 0.3) is 5.91 Å². The van der Waals surface area contributed by atoms with Gasteiger partial charge in [0, 0.05) is 31.2 Å². The standard InChI is InChI=1S/C25H27ClN4O4/c1-4-33-25(32)23-24(28-21-14-17(3)16(2)13-20(21)27-23)30-11-9-29(10-12-30)22(31)15-34-19-7-5-18(26)6-8-19/h5-8,13-14H,4,9-12,15H2,1-3H3. The van der Waals surface area contributed by atoms with E-state index in [-0.39, 0.29) is 24.8 Å². The maximum Gasteiger partial charge on any atom is 0.360 e. The van der Waals surface area contributed by atoms with Crippen molar-refractivity contribution in [1.29, 1.82) is 0 Å². The Morgan fingerprint density at radius 2 is 1.59 bits per heavy atom. The van der Waals surface area contributed by atoms with Crippen LogP contribution in [0.2, 0.25) is 5.02 Å². The minimum Gasteiger partial charge on any atom is -0.484 e. The molecule has 178 valence electrons. The number of piperazine rings is 1. The van der Waals surface area contributed by atoms with Crippen LogP contribution in [0.3, 0.4) is 0 Å². The van der Waals surface area contributed by atoms with Crippen LogP contribution in [-0.4, -0.2) is 66.1 Å². The maximum atomic E-state index is 12.7. The summed E-state index contributed by atoms with van der Waals surface area (Å²) >= 11 is 5.88. The second-order valence-electron chi connectivity index (χ2n) is 8.15. The summed E-state index contributed by atoms with van der Waals surface area (Å²) in [6, 6.07) is 10.8. The Morgan fingerprint density at radius 3 is 2.21 bits per heavy atom. The summed E-state index contributed by atoms with van der Waals surface area (Å²) in [5.41, 5.74) is 3.76. The molecular weight excluding hydrogens is 456 g/mol. The van der Waals surface area contributed by atoms with Gasteiger partial charge in [-0.15, -0.1) is 0 Å². The molecule has 0 bridgehead atoms. The molecule has 0 atom stereocenters. The van der Waals surface area contributed by atoms with Crippen LogP contribution in [0.15, 0.2) is 36.4 Å². The molecule has 0 saturated carbocycles. The van der Waals surface area contributed by atoms with Crippen LogP contribution in [0.5, 0.6) is 5.75 Å². The molecule has 0 unspecified atom stereocenters. The quantitative estimate of drug-likeness (QED) is 0.494. The monoisotopic (exact) mass is 482 g/mol. The van der Waals surface area contributed by atoms with E-state index in [1.165, 1.54) is 0 Å². The number of hydrogen-bond donors (Lipinski definition) is 0. The van der Waals surface area contributed by atoms with E-state index >= 15 is 0 Å². The van der Waals surface area contributed by atoms with Crippen molar-refractivity contribution in [2.45, 2.75) is 20.8 Å². The van der Waals surface area contributed by atoms with E-state index in [9.17, 15) is 9.59 Å². The molecule has 1 fully saturated rings. The number of amides is 1. The number of carbonyl (C=O) groups is 2.